The summed E-state index contributed by atoms with van der Waals surface area (Å²) >= 11 is 0. The van der Waals surface area contributed by atoms with E-state index in [9.17, 15) is 9.50 Å². The van der Waals surface area contributed by atoms with Crippen molar-refractivity contribution in [2.45, 2.75) is 38.8 Å². The Hall–Kier alpha value is -1.13. The van der Waals surface area contributed by atoms with Crippen LogP contribution in [0.4, 0.5) is 10.1 Å². The number of aliphatic hydroxyl groups is 1. The number of aliphatic hydroxyl groups excluding tert-OH is 1. The van der Waals surface area contributed by atoms with Gasteiger partial charge in [-0.3, -0.25) is 0 Å². The fraction of sp³-hybridized carbons (Fsp3) is 0.625. The lowest BCUT2D eigenvalue weighted by atomic mass is 10.0. The molecular weight excluding hydrogens is 255 g/mol. The standard InChI is InChI=1S/C16H25FN2O/c1-4-14-11-18(3)8-5-9-19(14)16-7-6-13(17)10-15(16)12(2)20/h6-7,10,12,14,20H,4-5,8-9,11H2,1-3H3/t12-,14?/m0/s1. The predicted molar refractivity (Wildman–Crippen MR) is 80.6 cm³/mol. The quantitative estimate of drug-likeness (QED) is 0.922. The summed E-state index contributed by atoms with van der Waals surface area (Å²) in [6, 6.07) is 5.17. The fourth-order valence-corrected chi connectivity index (χ4v) is 3.03. The Labute approximate surface area is 121 Å². The first-order chi connectivity index (χ1) is 9.52. The minimum atomic E-state index is -0.654. The van der Waals surface area contributed by atoms with Crippen molar-refractivity contribution in [2.24, 2.45) is 0 Å². The first-order valence-electron chi connectivity index (χ1n) is 7.45. The zero-order chi connectivity index (χ0) is 14.7. The molecule has 0 saturated carbocycles. The molecule has 112 valence electrons. The maximum Gasteiger partial charge on any atom is 0.123 e. The number of nitrogens with zero attached hydrogens (tertiary/aromatic N) is 2. The van der Waals surface area contributed by atoms with E-state index in [0.717, 1.165) is 38.2 Å². The topological polar surface area (TPSA) is 26.7 Å². The van der Waals surface area contributed by atoms with Gasteiger partial charge in [-0.1, -0.05) is 6.92 Å². The summed E-state index contributed by atoms with van der Waals surface area (Å²) in [6.07, 6.45) is 1.48. The molecule has 0 bridgehead atoms. The van der Waals surface area contributed by atoms with Gasteiger partial charge in [0.2, 0.25) is 0 Å². The molecule has 1 saturated heterocycles. The van der Waals surface area contributed by atoms with Crippen LogP contribution in [0.5, 0.6) is 0 Å². The summed E-state index contributed by atoms with van der Waals surface area (Å²) in [4.78, 5) is 4.69. The van der Waals surface area contributed by atoms with Crippen LogP contribution in [-0.2, 0) is 0 Å². The van der Waals surface area contributed by atoms with Crippen molar-refractivity contribution in [1.82, 2.24) is 4.90 Å². The average molecular weight is 280 g/mol. The van der Waals surface area contributed by atoms with E-state index in [1.54, 1.807) is 6.92 Å². The molecule has 20 heavy (non-hydrogen) atoms. The average Bonchev–Trinajstić information content (AvgIpc) is 2.60. The molecule has 1 aliphatic rings. The molecule has 0 radical (unpaired) electrons. The van der Waals surface area contributed by atoms with Crippen LogP contribution in [0.25, 0.3) is 0 Å². The summed E-state index contributed by atoms with van der Waals surface area (Å²) in [6.45, 7) is 6.92. The SMILES string of the molecule is CCC1CN(C)CCCN1c1ccc(F)cc1[C@H](C)O. The molecule has 0 aliphatic carbocycles. The lowest BCUT2D eigenvalue weighted by molar-refractivity contribution is 0.199. The number of hydrogen-bond acceptors (Lipinski definition) is 3. The maximum atomic E-state index is 13.5. The zero-order valence-corrected chi connectivity index (χ0v) is 12.6. The van der Waals surface area contributed by atoms with E-state index in [-0.39, 0.29) is 5.82 Å². The van der Waals surface area contributed by atoms with Crippen LogP contribution < -0.4 is 4.90 Å². The van der Waals surface area contributed by atoms with Crippen molar-refractivity contribution < 1.29 is 9.50 Å². The van der Waals surface area contributed by atoms with Gasteiger partial charge in [0.1, 0.15) is 5.82 Å². The third-order valence-electron chi connectivity index (χ3n) is 4.12. The van der Waals surface area contributed by atoms with E-state index in [4.69, 9.17) is 0 Å². The number of halogens is 1. The van der Waals surface area contributed by atoms with Crippen LogP contribution in [0.15, 0.2) is 18.2 Å². The maximum absolute atomic E-state index is 13.5. The molecule has 1 heterocycles. The van der Waals surface area contributed by atoms with Crippen molar-refractivity contribution in [3.8, 4) is 0 Å². The molecule has 0 aromatic heterocycles. The van der Waals surface area contributed by atoms with E-state index in [1.165, 1.54) is 12.1 Å². The predicted octanol–water partition coefficient (Wildman–Crippen LogP) is 2.80. The third kappa shape index (κ3) is 3.30. The lowest BCUT2D eigenvalue weighted by Crippen LogP contribution is -2.40. The Balaban J connectivity index is 2.37. The van der Waals surface area contributed by atoms with E-state index in [0.29, 0.717) is 11.6 Å². The largest absolute Gasteiger partial charge is 0.389 e. The molecule has 3 nitrogen and oxygen atoms in total. The molecule has 4 heteroatoms. The van der Waals surface area contributed by atoms with E-state index < -0.39 is 6.10 Å². The van der Waals surface area contributed by atoms with Crippen LogP contribution >= 0.6 is 0 Å². The van der Waals surface area contributed by atoms with Crippen LogP contribution in [0, 0.1) is 5.82 Å². The Morgan fingerprint density at radius 2 is 2.15 bits per heavy atom. The second-order valence-corrected chi connectivity index (χ2v) is 5.75. The van der Waals surface area contributed by atoms with Gasteiger partial charge in [-0.15, -0.1) is 0 Å². The van der Waals surface area contributed by atoms with Gasteiger partial charge >= 0.3 is 0 Å². The summed E-state index contributed by atoms with van der Waals surface area (Å²) in [7, 11) is 2.15. The van der Waals surface area contributed by atoms with Gasteiger partial charge < -0.3 is 14.9 Å². The molecule has 1 aromatic carbocycles. The molecule has 2 rings (SSSR count). The molecule has 1 unspecified atom stereocenters. The zero-order valence-electron chi connectivity index (χ0n) is 12.6. The molecule has 0 spiro atoms. The lowest BCUT2D eigenvalue weighted by Gasteiger charge is -2.34. The highest BCUT2D eigenvalue weighted by molar-refractivity contribution is 5.55. The Morgan fingerprint density at radius 3 is 2.80 bits per heavy atom. The number of hydrogen-bond donors (Lipinski definition) is 1. The van der Waals surface area contributed by atoms with Gasteiger partial charge in [0.15, 0.2) is 0 Å². The van der Waals surface area contributed by atoms with Crippen molar-refractivity contribution in [1.29, 1.82) is 0 Å². The molecule has 1 aromatic rings. The van der Waals surface area contributed by atoms with Gasteiger partial charge in [0, 0.05) is 30.4 Å². The molecule has 2 atom stereocenters. The number of likely N-dealkylation sites (N-methyl/N-ethyl adjacent to an activating group) is 1. The van der Waals surface area contributed by atoms with Gasteiger partial charge in [0.05, 0.1) is 6.10 Å². The first kappa shape index (κ1) is 15.3. The summed E-state index contributed by atoms with van der Waals surface area (Å²) in [5.74, 6) is -0.287. The third-order valence-corrected chi connectivity index (χ3v) is 4.12. The van der Waals surface area contributed by atoms with E-state index in [1.807, 2.05) is 6.07 Å². The molecule has 1 N–H and O–H groups in total. The highest BCUT2D eigenvalue weighted by Gasteiger charge is 2.25. The highest BCUT2D eigenvalue weighted by atomic mass is 19.1. The van der Waals surface area contributed by atoms with Gasteiger partial charge in [-0.2, -0.15) is 0 Å². The highest BCUT2D eigenvalue weighted by Crippen LogP contribution is 2.30. The van der Waals surface area contributed by atoms with Crippen molar-refractivity contribution in [2.75, 3.05) is 31.6 Å². The van der Waals surface area contributed by atoms with Crippen LogP contribution in [0.1, 0.15) is 38.4 Å². The summed E-state index contributed by atoms with van der Waals surface area (Å²) in [5, 5.41) is 9.94. The minimum absolute atomic E-state index is 0.287. The van der Waals surface area contributed by atoms with Crippen LogP contribution in [0.2, 0.25) is 0 Å². The minimum Gasteiger partial charge on any atom is -0.389 e. The number of rotatable bonds is 3. The fourth-order valence-electron chi connectivity index (χ4n) is 3.03. The van der Waals surface area contributed by atoms with Crippen molar-refractivity contribution in [3.05, 3.63) is 29.6 Å². The number of benzene rings is 1. The second kappa shape index (κ2) is 6.55. The van der Waals surface area contributed by atoms with Gasteiger partial charge in [-0.25, -0.2) is 4.39 Å². The Bertz CT molecular complexity index is 450. The van der Waals surface area contributed by atoms with Crippen molar-refractivity contribution in [3.63, 3.8) is 0 Å². The number of anilines is 1. The summed E-state index contributed by atoms with van der Waals surface area (Å²) in [5.41, 5.74) is 1.66. The van der Waals surface area contributed by atoms with Crippen LogP contribution in [0.3, 0.4) is 0 Å². The molecule has 0 amide bonds. The van der Waals surface area contributed by atoms with E-state index in [2.05, 4.69) is 23.8 Å². The van der Waals surface area contributed by atoms with Gasteiger partial charge in [-0.05, 0) is 51.6 Å². The van der Waals surface area contributed by atoms with Gasteiger partial charge in [0.25, 0.3) is 0 Å². The normalized spacial score (nSPS) is 22.6. The second-order valence-electron chi connectivity index (χ2n) is 5.75. The summed E-state index contributed by atoms with van der Waals surface area (Å²) < 4.78 is 13.5. The molecule has 1 fully saturated rings. The first-order valence-corrected chi connectivity index (χ1v) is 7.45. The van der Waals surface area contributed by atoms with E-state index >= 15 is 0 Å². The Kier molecular flexibility index (Phi) is 5.00. The smallest absolute Gasteiger partial charge is 0.123 e. The molecular formula is C16H25FN2O. The molecule has 1 aliphatic heterocycles. The monoisotopic (exact) mass is 280 g/mol. The van der Waals surface area contributed by atoms with Crippen LogP contribution in [-0.4, -0.2) is 42.7 Å². The van der Waals surface area contributed by atoms with Crippen molar-refractivity contribution >= 4 is 5.69 Å². The Morgan fingerprint density at radius 1 is 1.40 bits per heavy atom.